The van der Waals surface area contributed by atoms with Crippen molar-refractivity contribution in [2.75, 3.05) is 14.2 Å². The van der Waals surface area contributed by atoms with Crippen LogP contribution in [0.3, 0.4) is 0 Å². The molecule has 4 heteroatoms. The molecule has 2 radical (unpaired) electrons. The molecule has 0 N–H and O–H groups in total. The topological polar surface area (TPSA) is 27.7 Å². The normalized spacial score (nSPS) is 13.0. The predicted molar refractivity (Wildman–Crippen MR) is 48.9 cm³/mol. The molecule has 0 saturated heterocycles. The van der Waals surface area contributed by atoms with Crippen LogP contribution >= 0.6 is 0 Å². The smallest absolute Gasteiger partial charge is 0.171 e. The molecule has 0 saturated carbocycles. The minimum Gasteiger partial charge on any atom is -0.503 e. The second kappa shape index (κ2) is 7.33. The van der Waals surface area contributed by atoms with E-state index in [1.807, 2.05) is 0 Å². The molecule has 0 aliphatic heterocycles. The van der Waals surface area contributed by atoms with Crippen molar-refractivity contribution in [3.8, 4) is 0 Å². The number of hydrogen-bond acceptors (Lipinski definition) is 3. The average molecular weight is 188 g/mol. The van der Waals surface area contributed by atoms with E-state index in [-0.39, 0.29) is 11.6 Å². The summed E-state index contributed by atoms with van der Waals surface area (Å²) in [7, 11) is 3.74. The molecule has 0 aliphatic carbocycles. The SMILES string of the molecule is C=COC(CC)[Si]C(OC)OC. The summed E-state index contributed by atoms with van der Waals surface area (Å²) in [6.07, 6.45) is 2.40. The molecule has 3 nitrogen and oxygen atoms in total. The minimum absolute atomic E-state index is 0.158. The van der Waals surface area contributed by atoms with Crippen LogP contribution < -0.4 is 0 Å². The molecular weight excluding hydrogens is 172 g/mol. The summed E-state index contributed by atoms with van der Waals surface area (Å²) >= 11 is 0. The molecule has 0 bridgehead atoms. The van der Waals surface area contributed by atoms with Crippen LogP contribution in [0.25, 0.3) is 0 Å². The van der Waals surface area contributed by atoms with Gasteiger partial charge < -0.3 is 14.2 Å². The summed E-state index contributed by atoms with van der Waals surface area (Å²) in [5, 5.41) is 0. The maximum Gasteiger partial charge on any atom is 0.171 e. The molecule has 0 aromatic carbocycles. The number of hydrogen-bond donors (Lipinski definition) is 0. The van der Waals surface area contributed by atoms with Crippen LogP contribution in [0.5, 0.6) is 0 Å². The van der Waals surface area contributed by atoms with Crippen molar-refractivity contribution in [1.82, 2.24) is 0 Å². The first-order valence-corrected chi connectivity index (χ1v) is 5.01. The third-order valence-electron chi connectivity index (χ3n) is 1.38. The van der Waals surface area contributed by atoms with Crippen LogP contribution in [0.4, 0.5) is 0 Å². The lowest BCUT2D eigenvalue weighted by atomic mass is 10.5. The van der Waals surface area contributed by atoms with E-state index in [1.165, 1.54) is 6.26 Å². The van der Waals surface area contributed by atoms with Gasteiger partial charge in [-0.05, 0) is 6.42 Å². The Hall–Kier alpha value is -0.323. The zero-order chi connectivity index (χ0) is 9.40. The molecule has 0 aliphatic rings. The molecule has 0 amide bonds. The fourth-order valence-corrected chi connectivity index (χ4v) is 1.74. The van der Waals surface area contributed by atoms with Crippen molar-refractivity contribution in [3.63, 3.8) is 0 Å². The van der Waals surface area contributed by atoms with Gasteiger partial charge in [0.25, 0.3) is 0 Å². The van der Waals surface area contributed by atoms with Crippen LogP contribution in [0.15, 0.2) is 12.8 Å². The van der Waals surface area contributed by atoms with Crippen molar-refractivity contribution < 1.29 is 14.2 Å². The second-order valence-corrected chi connectivity index (χ2v) is 3.62. The van der Waals surface area contributed by atoms with Crippen molar-refractivity contribution >= 4 is 9.52 Å². The molecule has 0 aromatic rings. The molecule has 12 heavy (non-hydrogen) atoms. The Balaban J connectivity index is 3.73. The van der Waals surface area contributed by atoms with Gasteiger partial charge in [-0.15, -0.1) is 0 Å². The molecule has 0 aromatic heterocycles. The van der Waals surface area contributed by atoms with E-state index in [0.717, 1.165) is 6.42 Å². The monoisotopic (exact) mass is 188 g/mol. The first-order chi connectivity index (χ1) is 5.78. The van der Waals surface area contributed by atoms with E-state index in [0.29, 0.717) is 9.52 Å². The van der Waals surface area contributed by atoms with Crippen LogP contribution in [-0.4, -0.2) is 35.4 Å². The lowest BCUT2D eigenvalue weighted by Crippen LogP contribution is -2.32. The van der Waals surface area contributed by atoms with Crippen molar-refractivity contribution in [1.29, 1.82) is 0 Å². The van der Waals surface area contributed by atoms with E-state index in [9.17, 15) is 0 Å². The van der Waals surface area contributed by atoms with Gasteiger partial charge in [0.05, 0.1) is 12.0 Å². The highest BCUT2D eigenvalue weighted by atomic mass is 28.2. The summed E-state index contributed by atoms with van der Waals surface area (Å²) in [5.41, 5.74) is 0.160. The third-order valence-corrected chi connectivity index (χ3v) is 3.04. The maximum absolute atomic E-state index is 5.24. The predicted octanol–water partition coefficient (Wildman–Crippen LogP) is 1.16. The van der Waals surface area contributed by atoms with E-state index < -0.39 is 0 Å². The minimum atomic E-state index is -0.158. The summed E-state index contributed by atoms with van der Waals surface area (Å²) in [6, 6.07) is 0. The van der Waals surface area contributed by atoms with Gasteiger partial charge in [0.15, 0.2) is 9.52 Å². The Labute approximate surface area is 76.5 Å². The Morgan fingerprint density at radius 3 is 2.33 bits per heavy atom. The van der Waals surface area contributed by atoms with Crippen molar-refractivity contribution in [2.45, 2.75) is 25.0 Å². The molecule has 1 atom stereocenters. The quantitative estimate of drug-likeness (QED) is 0.341. The van der Waals surface area contributed by atoms with Gasteiger partial charge in [-0.2, -0.15) is 0 Å². The van der Waals surface area contributed by atoms with Crippen LogP contribution in [0, 0.1) is 0 Å². The summed E-state index contributed by atoms with van der Waals surface area (Å²) in [6.45, 7) is 5.57. The van der Waals surface area contributed by atoms with Gasteiger partial charge in [0, 0.05) is 14.2 Å². The Morgan fingerprint density at radius 2 is 2.00 bits per heavy atom. The van der Waals surface area contributed by atoms with Crippen molar-refractivity contribution in [3.05, 3.63) is 12.8 Å². The standard InChI is InChI=1S/C8H16O3Si/c1-5-7(11-6-2)12-8(9-3)10-4/h6-8H,2,5H2,1,3-4H3. The summed E-state index contributed by atoms with van der Waals surface area (Å²) in [4.78, 5) is 0. The Kier molecular flexibility index (Phi) is 7.14. The second-order valence-electron chi connectivity index (χ2n) is 2.17. The number of ether oxygens (including phenoxy) is 3. The average Bonchev–Trinajstić information content (AvgIpc) is 2.12. The molecule has 0 rings (SSSR count). The van der Waals surface area contributed by atoms with E-state index in [2.05, 4.69) is 13.5 Å². The maximum atomic E-state index is 5.24. The fourth-order valence-electron chi connectivity index (χ4n) is 0.754. The highest BCUT2D eigenvalue weighted by Gasteiger charge is 2.15. The van der Waals surface area contributed by atoms with Gasteiger partial charge in [0.1, 0.15) is 5.91 Å². The molecule has 0 fully saturated rings. The zero-order valence-corrected chi connectivity index (χ0v) is 8.87. The highest BCUT2D eigenvalue weighted by Crippen LogP contribution is 2.01. The van der Waals surface area contributed by atoms with E-state index in [1.54, 1.807) is 14.2 Å². The lowest BCUT2D eigenvalue weighted by Gasteiger charge is -2.18. The van der Waals surface area contributed by atoms with Crippen molar-refractivity contribution in [2.24, 2.45) is 0 Å². The van der Waals surface area contributed by atoms with Crippen LogP contribution in [0.2, 0.25) is 0 Å². The molecule has 0 spiro atoms. The third kappa shape index (κ3) is 4.53. The molecular formula is C8H16O3Si. The number of rotatable bonds is 7. The largest absolute Gasteiger partial charge is 0.503 e. The fraction of sp³-hybridized carbons (Fsp3) is 0.750. The first-order valence-electron chi connectivity index (χ1n) is 3.86. The van der Waals surface area contributed by atoms with E-state index >= 15 is 0 Å². The van der Waals surface area contributed by atoms with Gasteiger partial charge in [-0.1, -0.05) is 13.5 Å². The number of methoxy groups -OCH3 is 2. The summed E-state index contributed by atoms with van der Waals surface area (Å²) < 4.78 is 15.3. The van der Waals surface area contributed by atoms with Gasteiger partial charge in [-0.3, -0.25) is 0 Å². The van der Waals surface area contributed by atoms with Crippen LogP contribution in [-0.2, 0) is 14.2 Å². The molecule has 1 unspecified atom stereocenters. The summed E-state index contributed by atoms with van der Waals surface area (Å²) in [5.74, 6) is -0.158. The Morgan fingerprint density at radius 1 is 1.42 bits per heavy atom. The van der Waals surface area contributed by atoms with E-state index in [4.69, 9.17) is 14.2 Å². The molecule has 0 heterocycles. The van der Waals surface area contributed by atoms with Gasteiger partial charge >= 0.3 is 0 Å². The van der Waals surface area contributed by atoms with Gasteiger partial charge in [0.2, 0.25) is 0 Å². The van der Waals surface area contributed by atoms with Crippen LogP contribution in [0.1, 0.15) is 13.3 Å². The lowest BCUT2D eigenvalue weighted by molar-refractivity contribution is -0.0475. The van der Waals surface area contributed by atoms with Gasteiger partial charge in [-0.25, -0.2) is 0 Å². The molecule has 70 valence electrons. The first kappa shape index (κ1) is 11.7. The Bertz CT molecular complexity index is 115. The highest BCUT2D eigenvalue weighted by molar-refractivity contribution is 6.38. The zero-order valence-electron chi connectivity index (χ0n) is 7.87.